The maximum absolute atomic E-state index is 12.2. The molecule has 0 saturated carbocycles. The van der Waals surface area contributed by atoms with E-state index in [9.17, 15) is 4.79 Å². The molecule has 1 amide bonds. The Morgan fingerprint density at radius 3 is 2.72 bits per heavy atom. The molecule has 2 saturated heterocycles. The minimum atomic E-state index is -0.465. The second-order valence-corrected chi connectivity index (χ2v) is 5.34. The molecule has 2 atom stereocenters. The van der Waals surface area contributed by atoms with Gasteiger partial charge in [0.15, 0.2) is 0 Å². The normalized spacial score (nSPS) is 30.4. The Labute approximate surface area is 109 Å². The first-order valence-electron chi connectivity index (χ1n) is 6.91. The van der Waals surface area contributed by atoms with E-state index in [1.54, 1.807) is 0 Å². The SMILES string of the molecule is CC(OC1(CN)CCCOC1)C(=O)N1CCCC1. The molecular weight excluding hydrogens is 232 g/mol. The summed E-state index contributed by atoms with van der Waals surface area (Å²) in [5.41, 5.74) is 5.35. The third-order valence-electron chi connectivity index (χ3n) is 3.85. The van der Waals surface area contributed by atoms with E-state index in [0.29, 0.717) is 13.2 Å². The summed E-state index contributed by atoms with van der Waals surface area (Å²) in [4.78, 5) is 14.1. The third kappa shape index (κ3) is 3.02. The van der Waals surface area contributed by atoms with Crippen LogP contribution in [0.4, 0.5) is 0 Å². The van der Waals surface area contributed by atoms with E-state index in [1.807, 2.05) is 11.8 Å². The van der Waals surface area contributed by atoms with Crippen molar-refractivity contribution >= 4 is 5.91 Å². The molecule has 2 N–H and O–H groups in total. The zero-order valence-electron chi connectivity index (χ0n) is 11.2. The zero-order chi connectivity index (χ0) is 13.0. The number of amides is 1. The first kappa shape index (κ1) is 13.8. The van der Waals surface area contributed by atoms with Crippen LogP contribution in [0.15, 0.2) is 0 Å². The predicted molar refractivity (Wildman–Crippen MR) is 68.2 cm³/mol. The molecule has 104 valence electrons. The van der Waals surface area contributed by atoms with Crippen molar-refractivity contribution in [2.45, 2.75) is 44.3 Å². The van der Waals surface area contributed by atoms with E-state index in [1.165, 1.54) is 0 Å². The molecule has 5 heteroatoms. The molecule has 0 aliphatic carbocycles. The molecule has 0 aromatic heterocycles. The maximum atomic E-state index is 12.2. The molecule has 2 heterocycles. The summed E-state index contributed by atoms with van der Waals surface area (Å²) in [6.45, 7) is 5.22. The molecule has 2 unspecified atom stereocenters. The lowest BCUT2D eigenvalue weighted by Gasteiger charge is -2.38. The highest BCUT2D eigenvalue weighted by molar-refractivity contribution is 5.80. The Bertz CT molecular complexity index is 284. The van der Waals surface area contributed by atoms with E-state index in [0.717, 1.165) is 45.4 Å². The first-order valence-corrected chi connectivity index (χ1v) is 6.91. The van der Waals surface area contributed by atoms with Crippen molar-refractivity contribution in [3.63, 3.8) is 0 Å². The Hall–Kier alpha value is -0.650. The first-order chi connectivity index (χ1) is 8.67. The Morgan fingerprint density at radius 2 is 2.17 bits per heavy atom. The molecule has 0 aromatic carbocycles. The van der Waals surface area contributed by atoms with Gasteiger partial charge in [0.2, 0.25) is 0 Å². The molecule has 0 bridgehead atoms. The van der Waals surface area contributed by atoms with Crippen LogP contribution in [-0.2, 0) is 14.3 Å². The summed E-state index contributed by atoms with van der Waals surface area (Å²) < 4.78 is 11.4. The molecule has 5 nitrogen and oxygen atoms in total. The van der Waals surface area contributed by atoms with Gasteiger partial charge in [0.05, 0.1) is 6.61 Å². The number of rotatable bonds is 4. The monoisotopic (exact) mass is 256 g/mol. The molecule has 2 aliphatic rings. The number of carbonyl (C=O) groups is 1. The summed E-state index contributed by atoms with van der Waals surface area (Å²) in [5, 5.41) is 0. The number of hydrogen-bond acceptors (Lipinski definition) is 4. The molecule has 2 aliphatic heterocycles. The van der Waals surface area contributed by atoms with E-state index >= 15 is 0 Å². The van der Waals surface area contributed by atoms with Gasteiger partial charge >= 0.3 is 0 Å². The summed E-state index contributed by atoms with van der Waals surface area (Å²) in [6.07, 6.45) is 3.60. The fourth-order valence-corrected chi connectivity index (χ4v) is 2.75. The number of ether oxygens (including phenoxy) is 2. The fraction of sp³-hybridized carbons (Fsp3) is 0.923. The van der Waals surface area contributed by atoms with Gasteiger partial charge in [-0.05, 0) is 32.6 Å². The van der Waals surface area contributed by atoms with Gasteiger partial charge in [0, 0.05) is 26.2 Å². The Kier molecular flexibility index (Phi) is 4.59. The van der Waals surface area contributed by atoms with Gasteiger partial charge in [0.1, 0.15) is 11.7 Å². The van der Waals surface area contributed by atoms with Crippen molar-refractivity contribution in [3.05, 3.63) is 0 Å². The van der Waals surface area contributed by atoms with Crippen molar-refractivity contribution in [1.82, 2.24) is 4.90 Å². The quantitative estimate of drug-likeness (QED) is 0.796. The third-order valence-corrected chi connectivity index (χ3v) is 3.85. The number of nitrogens with zero attached hydrogens (tertiary/aromatic N) is 1. The number of carbonyl (C=O) groups excluding carboxylic acids is 1. The Morgan fingerprint density at radius 1 is 1.44 bits per heavy atom. The fourth-order valence-electron chi connectivity index (χ4n) is 2.75. The van der Waals surface area contributed by atoms with Gasteiger partial charge in [-0.1, -0.05) is 0 Å². The summed E-state index contributed by atoms with van der Waals surface area (Å²) in [7, 11) is 0. The van der Waals surface area contributed by atoms with E-state index < -0.39 is 11.7 Å². The predicted octanol–water partition coefficient (Wildman–Crippen LogP) is 0.522. The molecule has 0 aromatic rings. The van der Waals surface area contributed by atoms with Crippen LogP contribution in [0, 0.1) is 0 Å². The van der Waals surface area contributed by atoms with Crippen molar-refractivity contribution in [2.24, 2.45) is 5.73 Å². The lowest BCUT2D eigenvalue weighted by atomic mass is 9.96. The van der Waals surface area contributed by atoms with Gasteiger partial charge in [-0.3, -0.25) is 4.79 Å². The largest absolute Gasteiger partial charge is 0.378 e. The van der Waals surface area contributed by atoms with Crippen LogP contribution in [0.25, 0.3) is 0 Å². The van der Waals surface area contributed by atoms with Crippen LogP contribution in [0.3, 0.4) is 0 Å². The highest BCUT2D eigenvalue weighted by Gasteiger charge is 2.37. The van der Waals surface area contributed by atoms with Crippen LogP contribution < -0.4 is 5.73 Å². The highest BCUT2D eigenvalue weighted by atomic mass is 16.6. The van der Waals surface area contributed by atoms with Crippen LogP contribution in [0.2, 0.25) is 0 Å². The molecule has 0 spiro atoms. The zero-order valence-corrected chi connectivity index (χ0v) is 11.2. The highest BCUT2D eigenvalue weighted by Crippen LogP contribution is 2.25. The molecule has 18 heavy (non-hydrogen) atoms. The van der Waals surface area contributed by atoms with Crippen LogP contribution in [-0.4, -0.2) is 55.4 Å². The number of likely N-dealkylation sites (tertiary alicyclic amines) is 1. The maximum Gasteiger partial charge on any atom is 0.251 e. The van der Waals surface area contributed by atoms with E-state index in [2.05, 4.69) is 0 Å². The summed E-state index contributed by atoms with van der Waals surface area (Å²) in [6, 6.07) is 0. The lowest BCUT2D eigenvalue weighted by molar-refractivity contribution is -0.171. The number of hydrogen-bond donors (Lipinski definition) is 1. The molecular formula is C13H24N2O3. The second kappa shape index (κ2) is 5.99. The topological polar surface area (TPSA) is 64.8 Å². The second-order valence-electron chi connectivity index (χ2n) is 5.34. The van der Waals surface area contributed by atoms with Crippen LogP contribution in [0.5, 0.6) is 0 Å². The minimum absolute atomic E-state index is 0.0888. The molecule has 0 radical (unpaired) electrons. The van der Waals surface area contributed by atoms with Crippen LogP contribution in [0.1, 0.15) is 32.6 Å². The average Bonchev–Trinajstić information content (AvgIpc) is 2.92. The van der Waals surface area contributed by atoms with Gasteiger partial charge in [-0.2, -0.15) is 0 Å². The standard InChI is InChI=1S/C13H24N2O3/c1-11(12(16)15-6-2-3-7-15)18-13(9-14)5-4-8-17-10-13/h11H,2-10,14H2,1H3. The van der Waals surface area contributed by atoms with Crippen molar-refractivity contribution in [3.8, 4) is 0 Å². The van der Waals surface area contributed by atoms with E-state index in [4.69, 9.17) is 15.2 Å². The van der Waals surface area contributed by atoms with Crippen molar-refractivity contribution in [2.75, 3.05) is 32.8 Å². The summed E-state index contributed by atoms with van der Waals surface area (Å²) in [5.74, 6) is 0.0888. The van der Waals surface area contributed by atoms with Crippen molar-refractivity contribution in [1.29, 1.82) is 0 Å². The smallest absolute Gasteiger partial charge is 0.251 e. The van der Waals surface area contributed by atoms with Crippen molar-refractivity contribution < 1.29 is 14.3 Å². The Balaban J connectivity index is 1.91. The minimum Gasteiger partial charge on any atom is -0.378 e. The average molecular weight is 256 g/mol. The van der Waals surface area contributed by atoms with Gasteiger partial charge in [-0.15, -0.1) is 0 Å². The van der Waals surface area contributed by atoms with Crippen LogP contribution >= 0.6 is 0 Å². The lowest BCUT2D eigenvalue weighted by Crippen LogP contribution is -2.52. The number of nitrogens with two attached hydrogens (primary N) is 1. The van der Waals surface area contributed by atoms with Gasteiger partial charge < -0.3 is 20.1 Å². The molecule has 2 fully saturated rings. The van der Waals surface area contributed by atoms with Gasteiger partial charge in [-0.25, -0.2) is 0 Å². The summed E-state index contributed by atoms with van der Waals surface area (Å²) >= 11 is 0. The van der Waals surface area contributed by atoms with Gasteiger partial charge in [0.25, 0.3) is 5.91 Å². The molecule has 2 rings (SSSR count). The van der Waals surface area contributed by atoms with E-state index in [-0.39, 0.29) is 5.91 Å².